The van der Waals surface area contributed by atoms with Crippen LogP contribution in [0.15, 0.2) is 65.6 Å². The molecule has 1 heterocycles. The molecule has 0 aliphatic carbocycles. The molecule has 150 valence electrons. The molecule has 0 radical (unpaired) electrons. The molecule has 0 spiro atoms. The first-order valence-electron chi connectivity index (χ1n) is 8.77. The molecule has 8 heteroatoms. The van der Waals surface area contributed by atoms with Crippen molar-refractivity contribution < 1.29 is 13.2 Å². The number of carbonyl (C=O) groups is 1. The molecule has 3 rings (SSSR count). The molecule has 3 aromatic rings. The zero-order chi connectivity index (χ0) is 21.2. The molecule has 0 atom stereocenters. The van der Waals surface area contributed by atoms with Crippen molar-refractivity contribution >= 4 is 33.5 Å². The topological polar surface area (TPSA) is 72.3 Å². The van der Waals surface area contributed by atoms with E-state index in [1.54, 1.807) is 29.8 Å². The lowest BCUT2D eigenvalue weighted by Gasteiger charge is -2.11. The van der Waals surface area contributed by atoms with Gasteiger partial charge >= 0.3 is 0 Å². The maximum atomic E-state index is 12.6. The molecule has 0 unspecified atom stereocenters. The minimum atomic E-state index is -3.62. The molecule has 0 N–H and O–H groups in total. The van der Waals surface area contributed by atoms with Crippen LogP contribution in [0.2, 0.25) is 5.15 Å². The normalized spacial score (nSPS) is 12.0. The van der Waals surface area contributed by atoms with Gasteiger partial charge in [0.1, 0.15) is 5.15 Å². The van der Waals surface area contributed by atoms with Crippen LogP contribution in [0, 0.1) is 6.92 Å². The van der Waals surface area contributed by atoms with E-state index >= 15 is 0 Å². The van der Waals surface area contributed by atoms with Gasteiger partial charge in [-0.15, -0.1) is 0 Å². The number of hydrogen-bond donors (Lipinski definition) is 0. The van der Waals surface area contributed by atoms with E-state index in [2.05, 4.69) is 5.10 Å². The smallest absolute Gasteiger partial charge is 0.242 e. The quantitative estimate of drug-likeness (QED) is 0.439. The summed E-state index contributed by atoms with van der Waals surface area (Å²) in [6, 6.07) is 15.4. The van der Waals surface area contributed by atoms with Crippen LogP contribution >= 0.6 is 11.6 Å². The Bertz CT molecular complexity index is 1180. The van der Waals surface area contributed by atoms with Crippen LogP contribution in [0.3, 0.4) is 0 Å². The summed E-state index contributed by atoms with van der Waals surface area (Å²) >= 11 is 6.47. The Kier molecular flexibility index (Phi) is 6.02. The molecule has 29 heavy (non-hydrogen) atoms. The molecule has 1 aromatic heterocycles. The summed E-state index contributed by atoms with van der Waals surface area (Å²) in [4.78, 5) is 12.7. The fourth-order valence-corrected chi connectivity index (χ4v) is 4.00. The van der Waals surface area contributed by atoms with Gasteiger partial charge in [0, 0.05) is 25.2 Å². The van der Waals surface area contributed by atoms with Crippen molar-refractivity contribution in [3.05, 3.63) is 82.6 Å². The van der Waals surface area contributed by atoms with Crippen molar-refractivity contribution in [1.82, 2.24) is 14.1 Å². The Balaban J connectivity index is 1.90. The molecule has 2 aromatic carbocycles. The van der Waals surface area contributed by atoms with Gasteiger partial charge in [-0.1, -0.05) is 41.9 Å². The van der Waals surface area contributed by atoms with Crippen molar-refractivity contribution in [3.8, 4) is 5.69 Å². The summed E-state index contributed by atoms with van der Waals surface area (Å²) in [6.07, 6.45) is 2.96. The number of ketones is 1. The van der Waals surface area contributed by atoms with Crippen molar-refractivity contribution in [3.63, 3.8) is 0 Å². The Hall–Kier alpha value is -2.74. The van der Waals surface area contributed by atoms with Gasteiger partial charge in [0.15, 0.2) is 5.78 Å². The highest BCUT2D eigenvalue weighted by atomic mass is 35.5. The standard InChI is InChI=1S/C21H20ClN3O3S/c1-15-19(21(22)25(23-15)17-9-5-4-6-10-17)12-13-20(26)16-8-7-11-18(14-16)29(27,28)24(2)3/h4-14H,1-3H3/b13-12+. The molecule has 0 amide bonds. The summed E-state index contributed by atoms with van der Waals surface area (Å²) in [7, 11) is -0.731. The number of carbonyl (C=O) groups excluding carboxylic acids is 1. The number of aryl methyl sites for hydroxylation is 1. The van der Waals surface area contributed by atoms with Crippen molar-refractivity contribution in [1.29, 1.82) is 0 Å². The van der Waals surface area contributed by atoms with Crippen molar-refractivity contribution in [2.24, 2.45) is 0 Å². The van der Waals surface area contributed by atoms with E-state index in [0.29, 0.717) is 16.4 Å². The third-order valence-corrected chi connectivity index (χ3v) is 6.52. The molecule has 0 bridgehead atoms. The lowest BCUT2D eigenvalue weighted by Crippen LogP contribution is -2.22. The summed E-state index contributed by atoms with van der Waals surface area (Å²) < 4.78 is 27.3. The monoisotopic (exact) mass is 429 g/mol. The lowest BCUT2D eigenvalue weighted by molar-refractivity contribution is 0.104. The number of halogens is 1. The molecule has 0 aliphatic heterocycles. The predicted molar refractivity (Wildman–Crippen MR) is 114 cm³/mol. The van der Waals surface area contributed by atoms with Crippen molar-refractivity contribution in [2.75, 3.05) is 14.1 Å². The SMILES string of the molecule is Cc1nn(-c2ccccc2)c(Cl)c1/C=C/C(=O)c1cccc(S(=O)(=O)N(C)C)c1. The van der Waals surface area contributed by atoms with Crippen LogP contribution in [-0.2, 0) is 10.0 Å². The van der Waals surface area contributed by atoms with Gasteiger partial charge in [0.25, 0.3) is 0 Å². The summed E-state index contributed by atoms with van der Waals surface area (Å²) in [5.74, 6) is -0.330. The van der Waals surface area contributed by atoms with E-state index in [4.69, 9.17) is 11.6 Å². The molecule has 6 nitrogen and oxygen atoms in total. The largest absolute Gasteiger partial charge is 0.289 e. The highest BCUT2D eigenvalue weighted by Crippen LogP contribution is 2.25. The highest BCUT2D eigenvalue weighted by molar-refractivity contribution is 7.89. The van der Waals surface area contributed by atoms with E-state index < -0.39 is 10.0 Å². The third kappa shape index (κ3) is 4.32. The zero-order valence-electron chi connectivity index (χ0n) is 16.2. The van der Waals surface area contributed by atoms with Gasteiger partial charge in [0.05, 0.1) is 16.3 Å². The summed E-state index contributed by atoms with van der Waals surface area (Å²) in [6.45, 7) is 1.81. The fourth-order valence-electron chi connectivity index (χ4n) is 2.72. The Labute approximate surface area is 175 Å². The van der Waals surface area contributed by atoms with Crippen LogP contribution in [0.5, 0.6) is 0 Å². The molecule has 0 saturated carbocycles. The first-order valence-corrected chi connectivity index (χ1v) is 10.6. The van der Waals surface area contributed by atoms with Gasteiger partial charge in [-0.3, -0.25) is 4.79 Å². The minimum Gasteiger partial charge on any atom is -0.289 e. The van der Waals surface area contributed by atoms with Gasteiger partial charge < -0.3 is 0 Å². The number of nitrogens with zero attached hydrogens (tertiary/aromatic N) is 3. The molecule has 0 aliphatic rings. The van der Waals surface area contributed by atoms with Gasteiger partial charge in [-0.05, 0) is 43.3 Å². The molecular weight excluding hydrogens is 410 g/mol. The Morgan fingerprint density at radius 2 is 1.79 bits per heavy atom. The number of sulfonamides is 1. The average molecular weight is 430 g/mol. The van der Waals surface area contributed by atoms with E-state index in [1.807, 2.05) is 30.3 Å². The molecule has 0 fully saturated rings. The Morgan fingerprint density at radius 1 is 1.10 bits per heavy atom. The first-order chi connectivity index (χ1) is 13.7. The minimum absolute atomic E-state index is 0.0628. The second kappa shape index (κ2) is 8.32. The third-order valence-electron chi connectivity index (χ3n) is 4.35. The fraction of sp³-hybridized carbons (Fsp3) is 0.143. The van der Waals surface area contributed by atoms with Gasteiger partial charge in [-0.25, -0.2) is 17.4 Å². The van der Waals surface area contributed by atoms with E-state index in [1.165, 1.54) is 32.3 Å². The zero-order valence-corrected chi connectivity index (χ0v) is 17.8. The van der Waals surface area contributed by atoms with E-state index in [-0.39, 0.29) is 16.2 Å². The van der Waals surface area contributed by atoms with Crippen LogP contribution < -0.4 is 0 Å². The molecular formula is C21H20ClN3O3S. The number of allylic oxidation sites excluding steroid dienone is 1. The first kappa shape index (κ1) is 21.0. The van der Waals surface area contributed by atoms with Crippen molar-refractivity contribution in [2.45, 2.75) is 11.8 Å². The Morgan fingerprint density at radius 3 is 2.45 bits per heavy atom. The number of rotatable bonds is 6. The second-order valence-corrected chi connectivity index (χ2v) is 9.06. The van der Waals surface area contributed by atoms with Gasteiger partial charge in [0.2, 0.25) is 10.0 Å². The lowest BCUT2D eigenvalue weighted by atomic mass is 10.1. The van der Waals surface area contributed by atoms with Crippen LogP contribution in [0.4, 0.5) is 0 Å². The maximum Gasteiger partial charge on any atom is 0.242 e. The molecule has 0 saturated heterocycles. The van der Waals surface area contributed by atoms with E-state index in [0.717, 1.165) is 9.99 Å². The summed E-state index contributed by atoms with van der Waals surface area (Å²) in [5, 5.41) is 4.82. The van der Waals surface area contributed by atoms with Crippen LogP contribution in [-0.4, -0.2) is 42.4 Å². The number of benzene rings is 2. The van der Waals surface area contributed by atoms with Crippen LogP contribution in [0.25, 0.3) is 11.8 Å². The highest BCUT2D eigenvalue weighted by Gasteiger charge is 2.18. The number of aromatic nitrogens is 2. The second-order valence-electron chi connectivity index (χ2n) is 6.55. The van der Waals surface area contributed by atoms with E-state index in [9.17, 15) is 13.2 Å². The average Bonchev–Trinajstić information content (AvgIpc) is 3.00. The number of para-hydroxylation sites is 1. The van der Waals surface area contributed by atoms with Gasteiger partial charge in [-0.2, -0.15) is 5.10 Å². The summed E-state index contributed by atoms with van der Waals surface area (Å²) in [5.41, 5.74) is 2.38. The maximum absolute atomic E-state index is 12.6. The predicted octanol–water partition coefficient (Wildman–Crippen LogP) is 3.98. The van der Waals surface area contributed by atoms with Crippen LogP contribution in [0.1, 0.15) is 21.6 Å². The number of hydrogen-bond acceptors (Lipinski definition) is 4.